The summed E-state index contributed by atoms with van der Waals surface area (Å²) >= 11 is 3.35. The number of carboxylic acid groups (broad SMARTS) is 1. The van der Waals surface area contributed by atoms with E-state index in [4.69, 9.17) is 20.3 Å². The molecule has 5 nitrogen and oxygen atoms in total. The van der Waals surface area contributed by atoms with Crippen molar-refractivity contribution in [1.82, 2.24) is 0 Å². The molecule has 0 heterocycles. The van der Waals surface area contributed by atoms with Gasteiger partial charge in [0.1, 0.15) is 17.5 Å². The highest BCUT2D eigenvalue weighted by molar-refractivity contribution is 9.10. The molecule has 1 unspecified atom stereocenters. The number of rotatable bonds is 5. The summed E-state index contributed by atoms with van der Waals surface area (Å²) in [5.74, 6) is 0.129. The standard InChI is InChI=1S/C11H14BrNO4/c1-16-6-3-8(12)7(10(4-6)17-2)5-9(13)11(14)15/h3-4,9H,5,13H2,1-2H3,(H,14,15). The van der Waals surface area contributed by atoms with Crippen LogP contribution < -0.4 is 15.2 Å². The Morgan fingerprint density at radius 1 is 1.47 bits per heavy atom. The van der Waals surface area contributed by atoms with Crippen LogP contribution >= 0.6 is 15.9 Å². The van der Waals surface area contributed by atoms with Gasteiger partial charge in [-0.25, -0.2) is 0 Å². The molecule has 1 rings (SSSR count). The van der Waals surface area contributed by atoms with Gasteiger partial charge in [-0.1, -0.05) is 15.9 Å². The van der Waals surface area contributed by atoms with Crippen LogP contribution in [-0.2, 0) is 11.2 Å². The maximum atomic E-state index is 10.7. The molecular formula is C11H14BrNO4. The van der Waals surface area contributed by atoms with E-state index in [1.807, 2.05) is 0 Å². The first-order chi connectivity index (χ1) is 7.99. The number of carboxylic acids is 1. The Morgan fingerprint density at radius 3 is 2.59 bits per heavy atom. The number of ether oxygens (including phenoxy) is 2. The van der Waals surface area contributed by atoms with Crippen LogP contribution in [0.1, 0.15) is 5.56 Å². The van der Waals surface area contributed by atoms with Gasteiger partial charge in [-0.3, -0.25) is 4.79 Å². The Hall–Kier alpha value is -1.27. The predicted molar refractivity (Wildman–Crippen MR) is 66.6 cm³/mol. The number of methoxy groups -OCH3 is 2. The molecule has 94 valence electrons. The zero-order valence-electron chi connectivity index (χ0n) is 9.57. The van der Waals surface area contributed by atoms with Gasteiger partial charge in [-0.2, -0.15) is 0 Å². The molecule has 3 N–H and O–H groups in total. The lowest BCUT2D eigenvalue weighted by Crippen LogP contribution is -2.32. The van der Waals surface area contributed by atoms with Gasteiger partial charge in [0.05, 0.1) is 14.2 Å². The van der Waals surface area contributed by atoms with E-state index in [-0.39, 0.29) is 6.42 Å². The van der Waals surface area contributed by atoms with Crippen molar-refractivity contribution < 1.29 is 19.4 Å². The Morgan fingerprint density at radius 2 is 2.12 bits per heavy atom. The fourth-order valence-electron chi connectivity index (χ4n) is 1.39. The summed E-state index contributed by atoms with van der Waals surface area (Å²) in [5.41, 5.74) is 6.22. The van der Waals surface area contributed by atoms with Gasteiger partial charge < -0.3 is 20.3 Å². The van der Waals surface area contributed by atoms with Crippen molar-refractivity contribution in [3.63, 3.8) is 0 Å². The summed E-state index contributed by atoms with van der Waals surface area (Å²) in [6.07, 6.45) is 0.184. The third-order valence-corrected chi connectivity index (χ3v) is 3.03. The Bertz CT molecular complexity index is 422. The highest BCUT2D eigenvalue weighted by atomic mass is 79.9. The number of hydrogen-bond acceptors (Lipinski definition) is 4. The average Bonchev–Trinajstić information content (AvgIpc) is 2.30. The van der Waals surface area contributed by atoms with Gasteiger partial charge in [-0.05, 0) is 6.07 Å². The molecule has 1 atom stereocenters. The first-order valence-corrected chi connectivity index (χ1v) is 5.67. The highest BCUT2D eigenvalue weighted by Gasteiger charge is 2.18. The molecular weight excluding hydrogens is 290 g/mol. The first-order valence-electron chi connectivity index (χ1n) is 4.88. The molecule has 0 radical (unpaired) electrons. The summed E-state index contributed by atoms with van der Waals surface area (Å²) in [5, 5.41) is 8.79. The van der Waals surface area contributed by atoms with E-state index in [2.05, 4.69) is 15.9 Å². The van der Waals surface area contributed by atoms with Crippen LogP contribution in [0.25, 0.3) is 0 Å². The SMILES string of the molecule is COc1cc(Br)c(CC(N)C(=O)O)c(OC)c1. The lowest BCUT2D eigenvalue weighted by molar-refractivity contribution is -0.138. The summed E-state index contributed by atoms with van der Waals surface area (Å²) in [6, 6.07) is 2.47. The molecule has 0 saturated carbocycles. The lowest BCUT2D eigenvalue weighted by Gasteiger charge is -2.14. The second-order valence-corrected chi connectivity index (χ2v) is 4.29. The van der Waals surface area contributed by atoms with Crippen LogP contribution in [0.4, 0.5) is 0 Å². The number of carbonyl (C=O) groups is 1. The Kier molecular flexibility index (Phi) is 4.77. The fourth-order valence-corrected chi connectivity index (χ4v) is 1.98. The summed E-state index contributed by atoms with van der Waals surface area (Å²) in [4.78, 5) is 10.7. The molecule has 0 aromatic heterocycles. The van der Waals surface area contributed by atoms with Crippen LogP contribution in [-0.4, -0.2) is 31.3 Å². The number of benzene rings is 1. The summed E-state index contributed by atoms with van der Waals surface area (Å²) in [7, 11) is 3.06. The van der Waals surface area contributed by atoms with E-state index in [1.165, 1.54) is 7.11 Å². The maximum absolute atomic E-state index is 10.7. The van der Waals surface area contributed by atoms with Crippen LogP contribution in [0, 0.1) is 0 Å². The van der Waals surface area contributed by atoms with E-state index >= 15 is 0 Å². The highest BCUT2D eigenvalue weighted by Crippen LogP contribution is 2.33. The van der Waals surface area contributed by atoms with Crippen molar-refractivity contribution in [2.75, 3.05) is 14.2 Å². The molecule has 0 saturated heterocycles. The van der Waals surface area contributed by atoms with Gasteiger partial charge in [0.25, 0.3) is 0 Å². The second-order valence-electron chi connectivity index (χ2n) is 3.44. The fraction of sp³-hybridized carbons (Fsp3) is 0.364. The van der Waals surface area contributed by atoms with Gasteiger partial charge >= 0.3 is 5.97 Å². The monoisotopic (exact) mass is 303 g/mol. The third-order valence-electron chi connectivity index (χ3n) is 2.32. The largest absolute Gasteiger partial charge is 0.497 e. The summed E-state index contributed by atoms with van der Waals surface area (Å²) in [6.45, 7) is 0. The number of halogens is 1. The van der Waals surface area contributed by atoms with Crippen molar-refractivity contribution in [2.45, 2.75) is 12.5 Å². The number of hydrogen-bond donors (Lipinski definition) is 2. The Labute approximate surface area is 108 Å². The van der Waals surface area contributed by atoms with E-state index in [1.54, 1.807) is 19.2 Å². The van der Waals surface area contributed by atoms with E-state index in [9.17, 15) is 4.79 Å². The van der Waals surface area contributed by atoms with Crippen LogP contribution in [0.3, 0.4) is 0 Å². The van der Waals surface area contributed by atoms with Crippen molar-refractivity contribution in [3.8, 4) is 11.5 Å². The maximum Gasteiger partial charge on any atom is 0.320 e. The molecule has 17 heavy (non-hydrogen) atoms. The molecule has 1 aromatic carbocycles. The molecule has 0 aliphatic carbocycles. The lowest BCUT2D eigenvalue weighted by atomic mass is 10.1. The van der Waals surface area contributed by atoms with Crippen LogP contribution in [0.5, 0.6) is 11.5 Å². The zero-order chi connectivity index (χ0) is 13.0. The van der Waals surface area contributed by atoms with Gasteiger partial charge in [0.2, 0.25) is 0 Å². The topological polar surface area (TPSA) is 81.8 Å². The van der Waals surface area contributed by atoms with Gasteiger partial charge in [0.15, 0.2) is 0 Å². The average molecular weight is 304 g/mol. The zero-order valence-corrected chi connectivity index (χ0v) is 11.2. The second kappa shape index (κ2) is 5.88. The Balaban J connectivity index is 3.09. The third kappa shape index (κ3) is 3.34. The van der Waals surface area contributed by atoms with Crippen LogP contribution in [0.15, 0.2) is 16.6 Å². The normalized spacial score (nSPS) is 12.0. The minimum atomic E-state index is -1.05. The summed E-state index contributed by atoms with van der Waals surface area (Å²) < 4.78 is 11.0. The molecule has 0 aliphatic heterocycles. The van der Waals surface area contributed by atoms with E-state index < -0.39 is 12.0 Å². The molecule has 0 bridgehead atoms. The number of nitrogens with two attached hydrogens (primary N) is 1. The van der Waals surface area contributed by atoms with Gasteiger partial charge in [0, 0.05) is 22.5 Å². The molecule has 1 aromatic rings. The molecule has 0 amide bonds. The minimum Gasteiger partial charge on any atom is -0.497 e. The van der Waals surface area contributed by atoms with Crippen molar-refractivity contribution >= 4 is 21.9 Å². The van der Waals surface area contributed by atoms with Gasteiger partial charge in [-0.15, -0.1) is 0 Å². The van der Waals surface area contributed by atoms with Crippen LogP contribution in [0.2, 0.25) is 0 Å². The molecule has 6 heteroatoms. The molecule has 0 spiro atoms. The van der Waals surface area contributed by atoms with Crippen molar-refractivity contribution in [3.05, 3.63) is 22.2 Å². The smallest absolute Gasteiger partial charge is 0.320 e. The molecule has 0 aliphatic rings. The predicted octanol–water partition coefficient (Wildman–Crippen LogP) is 1.42. The molecule has 0 fully saturated rings. The van der Waals surface area contributed by atoms with E-state index in [0.717, 1.165) is 0 Å². The quantitative estimate of drug-likeness (QED) is 0.860. The van der Waals surface area contributed by atoms with Crippen molar-refractivity contribution in [2.24, 2.45) is 5.73 Å². The first kappa shape index (κ1) is 13.8. The minimum absolute atomic E-state index is 0.184. The van der Waals surface area contributed by atoms with Crippen molar-refractivity contribution in [1.29, 1.82) is 0 Å². The number of aliphatic carboxylic acids is 1. The van der Waals surface area contributed by atoms with E-state index in [0.29, 0.717) is 21.5 Å².